The highest BCUT2D eigenvalue weighted by atomic mass is 16.7. The van der Waals surface area contributed by atoms with Crippen molar-refractivity contribution in [3.63, 3.8) is 0 Å². The number of hydrogen-bond acceptors (Lipinski definition) is 24. The maximum Gasteiger partial charge on any atom is 0.336 e. The van der Waals surface area contributed by atoms with Gasteiger partial charge in [0.05, 0.1) is 44.7 Å². The monoisotopic (exact) mass is 1000 g/mol. The number of rotatable bonds is 17. The van der Waals surface area contributed by atoms with Crippen LogP contribution < -0.4 is 19.6 Å². The second-order valence-corrected chi connectivity index (χ2v) is 17.3. The van der Waals surface area contributed by atoms with E-state index >= 15 is 0 Å². The lowest BCUT2D eigenvalue weighted by atomic mass is 9.85. The Labute approximate surface area is 402 Å². The molecule has 0 spiro atoms. The molecule has 14 N–H and O–H groups in total. The van der Waals surface area contributed by atoms with Gasteiger partial charge >= 0.3 is 5.97 Å². The number of phenolic OH excluding ortho intramolecular Hbond substituents is 4. The number of fused-ring (bicyclic) bond motifs is 1. The number of benzene rings is 3. The van der Waals surface area contributed by atoms with Crippen molar-refractivity contribution in [1.82, 2.24) is 0 Å². The number of carbonyl (C=O) groups excluding carboxylic acids is 1. The Kier molecular flexibility index (Phi) is 17.1. The Morgan fingerprint density at radius 1 is 0.662 bits per heavy atom. The highest BCUT2D eigenvalue weighted by molar-refractivity contribution is 5.90. The third kappa shape index (κ3) is 11.7. The Bertz CT molecular complexity index is 2560. The minimum atomic E-state index is -1.78. The topological polar surface area (TPSA) is 395 Å². The Morgan fingerprint density at radius 3 is 2.06 bits per heavy atom. The largest absolute Gasteiger partial charge is 0.507 e. The van der Waals surface area contributed by atoms with Gasteiger partial charge < -0.3 is 109 Å². The van der Waals surface area contributed by atoms with Gasteiger partial charge in [0.1, 0.15) is 90.1 Å². The number of carbonyl (C=O) groups is 1. The van der Waals surface area contributed by atoms with E-state index in [0.717, 1.165) is 18.2 Å². The molecule has 3 aliphatic rings. The number of ether oxygens (including phenoxy) is 7. The standard InChI is InChI=1S/C47H56O24/c1-19-36(55)42(61)40(59)33(67-19)18-65-22-13-27(53)35-30(14-22)70-45(21-6-8-29(26(52)12-21)69-34(54)9-5-20-4-7-24(50)25(51)11-20)46(41(35)60)64-10-2-3-28-23(37(56)38(57)31(15-48)68-28)17-66-47-44(63)43(62)39(58)32(16-49)71-47/h4-9,11-14,19,23,28,31-33,36-40,42-44,47-53,55-59,61-63H,2-3,10,15-18H2,1H3/b9-5+/t19?,23?,28-,31?,32?,33?,36?,37+,38+,39+,40?,42?,43-,44?,47+/m0/s1. The van der Waals surface area contributed by atoms with E-state index in [4.69, 9.17) is 37.6 Å². The van der Waals surface area contributed by atoms with Crippen molar-refractivity contribution in [3.05, 3.63) is 70.4 Å². The highest BCUT2D eigenvalue weighted by Crippen LogP contribution is 2.40. The minimum absolute atomic E-state index is 0.000558. The van der Waals surface area contributed by atoms with Gasteiger partial charge in [-0.05, 0) is 61.7 Å². The molecule has 0 aliphatic carbocycles. The van der Waals surface area contributed by atoms with Gasteiger partial charge in [-0.1, -0.05) is 6.07 Å². The molecule has 3 fully saturated rings. The molecule has 4 heterocycles. The predicted molar refractivity (Wildman–Crippen MR) is 239 cm³/mol. The fourth-order valence-electron chi connectivity index (χ4n) is 8.42. The van der Waals surface area contributed by atoms with Crippen LogP contribution in [-0.2, 0) is 23.7 Å². The fraction of sp³-hybridized carbons (Fsp3) is 0.489. The average Bonchev–Trinajstić information content (AvgIpc) is 3.34. The molecular weight excluding hydrogens is 948 g/mol. The van der Waals surface area contributed by atoms with E-state index in [0.29, 0.717) is 5.56 Å². The lowest BCUT2D eigenvalue weighted by Crippen LogP contribution is -2.60. The molecule has 0 amide bonds. The van der Waals surface area contributed by atoms with Crippen LogP contribution in [0.3, 0.4) is 0 Å². The van der Waals surface area contributed by atoms with Gasteiger partial charge in [0, 0.05) is 29.7 Å². The second-order valence-electron chi connectivity index (χ2n) is 17.3. The van der Waals surface area contributed by atoms with Gasteiger partial charge in [-0.15, -0.1) is 0 Å². The Hall–Kier alpha value is -5.68. The summed E-state index contributed by atoms with van der Waals surface area (Å²) in [4.78, 5) is 27.0. The minimum Gasteiger partial charge on any atom is -0.507 e. The quantitative estimate of drug-likeness (QED) is 0.0183. The van der Waals surface area contributed by atoms with Crippen molar-refractivity contribution in [2.75, 3.05) is 33.0 Å². The third-order valence-electron chi connectivity index (χ3n) is 12.5. The molecule has 15 atom stereocenters. The van der Waals surface area contributed by atoms with Crippen molar-refractivity contribution in [1.29, 1.82) is 0 Å². The molecule has 24 heteroatoms. The van der Waals surface area contributed by atoms with Crippen LogP contribution in [0.25, 0.3) is 28.4 Å². The number of esters is 1. The molecule has 1 aromatic heterocycles. The summed E-state index contributed by atoms with van der Waals surface area (Å²) in [5.74, 6) is -5.29. The number of aliphatic hydroxyl groups is 10. The lowest BCUT2D eigenvalue weighted by Gasteiger charge is -2.44. The Morgan fingerprint density at radius 2 is 1.35 bits per heavy atom. The van der Waals surface area contributed by atoms with Gasteiger partial charge in [-0.25, -0.2) is 4.79 Å². The van der Waals surface area contributed by atoms with Crippen molar-refractivity contribution < 1.29 is 114 Å². The summed E-state index contributed by atoms with van der Waals surface area (Å²) in [7, 11) is 0. The molecule has 7 rings (SSSR count). The van der Waals surface area contributed by atoms with E-state index in [9.17, 15) is 81.1 Å². The molecule has 0 saturated carbocycles. The molecular formula is C47H56O24. The number of hydrogen-bond donors (Lipinski definition) is 14. The SMILES string of the molecule is CC1OC(COc2cc(O)c3c(=O)c(OCCC[C@@H]4OC(CO)[C@@H](O)[C@H](O)C4CO[C@@H]4OC(CO)[C@@H](O)[C@H](O)C4O)c(-c4ccc(OC(=O)/C=C/c5ccc(O)c(O)c5)c(O)c4)oc3c2)C(O)C(O)C1O. The number of phenols is 4. The molecule has 0 radical (unpaired) electrons. The first-order valence-electron chi connectivity index (χ1n) is 22.4. The van der Waals surface area contributed by atoms with Gasteiger partial charge in [0.2, 0.25) is 11.2 Å². The first-order valence-corrected chi connectivity index (χ1v) is 22.4. The highest BCUT2D eigenvalue weighted by Gasteiger charge is 2.48. The van der Waals surface area contributed by atoms with Gasteiger partial charge in [-0.2, -0.15) is 0 Å². The normalized spacial score (nSPS) is 31.2. The summed E-state index contributed by atoms with van der Waals surface area (Å²) in [6.45, 7) is -1.11. The molecule has 0 bridgehead atoms. The summed E-state index contributed by atoms with van der Waals surface area (Å²) >= 11 is 0. The fourth-order valence-corrected chi connectivity index (χ4v) is 8.42. The van der Waals surface area contributed by atoms with E-state index in [1.807, 2.05) is 0 Å². The zero-order chi connectivity index (χ0) is 51.4. The van der Waals surface area contributed by atoms with Crippen LogP contribution in [-0.4, -0.2) is 196 Å². The van der Waals surface area contributed by atoms with Crippen LogP contribution in [0, 0.1) is 5.92 Å². The lowest BCUT2D eigenvalue weighted by molar-refractivity contribution is -0.311. The maximum absolute atomic E-state index is 14.3. The van der Waals surface area contributed by atoms with E-state index < -0.39 is 146 Å². The van der Waals surface area contributed by atoms with Crippen molar-refractivity contribution in [2.45, 2.75) is 105 Å². The van der Waals surface area contributed by atoms with Gasteiger partial charge in [0.15, 0.2) is 35.0 Å². The van der Waals surface area contributed by atoms with Crippen LogP contribution in [0.5, 0.6) is 40.2 Å². The third-order valence-corrected chi connectivity index (χ3v) is 12.5. The summed E-state index contributed by atoms with van der Waals surface area (Å²) in [5.41, 5.74) is -0.856. The molecule has 3 saturated heterocycles. The molecule has 3 aliphatic heterocycles. The summed E-state index contributed by atoms with van der Waals surface area (Å²) in [5, 5.41) is 144. The van der Waals surface area contributed by atoms with E-state index in [2.05, 4.69) is 0 Å². The molecule has 3 aromatic carbocycles. The first-order chi connectivity index (χ1) is 33.8. The van der Waals surface area contributed by atoms with Crippen LogP contribution in [0.15, 0.2) is 63.8 Å². The zero-order valence-corrected chi connectivity index (χ0v) is 37.7. The smallest absolute Gasteiger partial charge is 0.336 e. The van der Waals surface area contributed by atoms with Crippen molar-refractivity contribution in [3.8, 4) is 51.6 Å². The Balaban J connectivity index is 1.13. The summed E-state index contributed by atoms with van der Waals surface area (Å²) in [6, 6.07) is 9.70. The van der Waals surface area contributed by atoms with Crippen LogP contribution in [0.2, 0.25) is 0 Å². The summed E-state index contributed by atoms with van der Waals surface area (Å²) in [6.07, 6.45) is -17.7. The van der Waals surface area contributed by atoms with Crippen LogP contribution >= 0.6 is 0 Å². The number of aromatic hydroxyl groups is 4. The van der Waals surface area contributed by atoms with Crippen LogP contribution in [0.4, 0.5) is 0 Å². The molecule has 388 valence electrons. The first kappa shape index (κ1) is 53.1. The van der Waals surface area contributed by atoms with E-state index in [-0.39, 0.29) is 65.6 Å². The molecule has 24 nitrogen and oxygen atoms in total. The maximum atomic E-state index is 14.3. The van der Waals surface area contributed by atoms with Gasteiger partial charge in [-0.3, -0.25) is 4.79 Å². The zero-order valence-electron chi connectivity index (χ0n) is 37.7. The van der Waals surface area contributed by atoms with Gasteiger partial charge in [0.25, 0.3) is 0 Å². The molecule has 4 aromatic rings. The predicted octanol–water partition coefficient (Wildman–Crippen LogP) is -1.78. The second kappa shape index (κ2) is 22.8. The average molecular weight is 1000 g/mol. The summed E-state index contributed by atoms with van der Waals surface area (Å²) < 4.78 is 45.8. The number of aliphatic hydroxyl groups excluding tert-OH is 10. The molecule has 71 heavy (non-hydrogen) atoms. The van der Waals surface area contributed by atoms with E-state index in [1.165, 1.54) is 49.4 Å². The van der Waals surface area contributed by atoms with Crippen molar-refractivity contribution >= 4 is 23.0 Å². The van der Waals surface area contributed by atoms with Crippen LogP contribution in [0.1, 0.15) is 25.3 Å². The van der Waals surface area contributed by atoms with E-state index in [1.54, 1.807) is 0 Å². The van der Waals surface area contributed by atoms with Crippen molar-refractivity contribution in [2.24, 2.45) is 5.92 Å². The molecule has 9 unspecified atom stereocenters.